The molecule has 1 atom stereocenters. The quantitative estimate of drug-likeness (QED) is 0.533. The minimum Gasteiger partial charge on any atom is -0.337 e. The summed E-state index contributed by atoms with van der Waals surface area (Å²) < 4.78 is 1.66. The lowest BCUT2D eigenvalue weighted by molar-refractivity contribution is 0.0709. The van der Waals surface area contributed by atoms with Gasteiger partial charge >= 0.3 is 0 Å². The van der Waals surface area contributed by atoms with Gasteiger partial charge in [-0.25, -0.2) is 9.67 Å². The van der Waals surface area contributed by atoms with Crippen molar-refractivity contribution in [1.82, 2.24) is 29.9 Å². The molecule has 0 unspecified atom stereocenters. The Labute approximate surface area is 182 Å². The van der Waals surface area contributed by atoms with Gasteiger partial charge in [-0.1, -0.05) is 41.1 Å². The number of aryl methyl sites for hydroxylation is 1. The molecule has 1 aliphatic rings. The summed E-state index contributed by atoms with van der Waals surface area (Å²) >= 11 is 1.45. The zero-order chi connectivity index (χ0) is 21.4. The van der Waals surface area contributed by atoms with Crippen LogP contribution in [0.1, 0.15) is 45.4 Å². The highest BCUT2D eigenvalue weighted by molar-refractivity contribution is 7.12. The number of carbonyl (C=O) groups excluding carboxylic acids is 1. The van der Waals surface area contributed by atoms with Crippen LogP contribution >= 0.6 is 11.3 Å². The van der Waals surface area contributed by atoms with E-state index in [0.717, 1.165) is 23.3 Å². The average molecular weight is 435 g/mol. The van der Waals surface area contributed by atoms with Crippen molar-refractivity contribution in [2.24, 2.45) is 0 Å². The summed E-state index contributed by atoms with van der Waals surface area (Å²) in [6.07, 6.45) is 1.73. The summed E-state index contributed by atoms with van der Waals surface area (Å²) in [6, 6.07) is 11.9. The number of fused-ring (bicyclic) bond motifs is 1. The van der Waals surface area contributed by atoms with Crippen molar-refractivity contribution in [2.75, 3.05) is 13.1 Å². The molecule has 1 fully saturated rings. The van der Waals surface area contributed by atoms with Crippen LogP contribution in [0.5, 0.6) is 0 Å². The van der Waals surface area contributed by atoms with Crippen molar-refractivity contribution in [3.05, 3.63) is 74.0 Å². The Morgan fingerprint density at radius 1 is 1.26 bits per heavy atom. The van der Waals surface area contributed by atoms with E-state index in [-0.39, 0.29) is 22.9 Å². The molecule has 1 aliphatic heterocycles. The van der Waals surface area contributed by atoms with Gasteiger partial charge < -0.3 is 9.88 Å². The van der Waals surface area contributed by atoms with E-state index in [0.29, 0.717) is 31.1 Å². The maximum Gasteiger partial charge on any atom is 0.281 e. The highest BCUT2D eigenvalue weighted by Gasteiger charge is 2.28. The number of amides is 1. The number of aromatic nitrogens is 5. The molecular weight excluding hydrogens is 412 g/mol. The molecule has 1 N–H and O–H groups in total. The molecule has 9 heteroatoms. The Morgan fingerprint density at radius 3 is 2.87 bits per heavy atom. The van der Waals surface area contributed by atoms with Gasteiger partial charge in [-0.2, -0.15) is 0 Å². The van der Waals surface area contributed by atoms with Crippen LogP contribution in [0.15, 0.2) is 46.6 Å². The first-order valence-electron chi connectivity index (χ1n) is 10.3. The minimum absolute atomic E-state index is 0.0301. The number of nitrogens with one attached hydrogen (secondary N) is 1. The van der Waals surface area contributed by atoms with Gasteiger partial charge in [0.15, 0.2) is 11.2 Å². The van der Waals surface area contributed by atoms with E-state index in [4.69, 9.17) is 4.98 Å². The number of carbonyl (C=O) groups is 1. The second-order valence-electron chi connectivity index (χ2n) is 7.92. The Balaban J connectivity index is 1.43. The Bertz CT molecular complexity index is 1280. The molecule has 31 heavy (non-hydrogen) atoms. The third kappa shape index (κ3) is 3.88. The normalized spacial score (nSPS) is 16.7. The molecular formula is C22H22N6O2S. The highest BCUT2D eigenvalue weighted by Crippen LogP contribution is 2.26. The highest BCUT2D eigenvalue weighted by atomic mass is 32.1. The molecule has 0 saturated carbocycles. The molecule has 0 bridgehead atoms. The summed E-state index contributed by atoms with van der Waals surface area (Å²) in [7, 11) is 0. The lowest BCUT2D eigenvalue weighted by atomic mass is 9.97. The standard InChI is InChI=1S/C22H22N6O2S/c1-14-6-8-15(9-7-14)12-28-20-18(25-26-28)21(29)24-19(23-20)16-4-2-10-27(13-16)22(30)17-5-3-11-31-17/h3,5-9,11,16H,2,4,10,12-13H2,1H3,(H,23,24,29)/t16-/m1/s1. The van der Waals surface area contributed by atoms with Crippen LogP contribution < -0.4 is 5.56 Å². The fourth-order valence-electron chi connectivity index (χ4n) is 3.99. The minimum atomic E-state index is -0.295. The van der Waals surface area contributed by atoms with Crippen molar-refractivity contribution >= 4 is 28.4 Å². The van der Waals surface area contributed by atoms with Crippen LogP contribution in [0.3, 0.4) is 0 Å². The van der Waals surface area contributed by atoms with E-state index in [1.807, 2.05) is 53.6 Å². The Hall–Kier alpha value is -3.33. The van der Waals surface area contributed by atoms with Gasteiger partial charge in [0.2, 0.25) is 0 Å². The van der Waals surface area contributed by atoms with Crippen LogP contribution in [0.2, 0.25) is 0 Å². The van der Waals surface area contributed by atoms with Gasteiger partial charge in [0.1, 0.15) is 5.82 Å². The van der Waals surface area contributed by atoms with Crippen LogP contribution in [0, 0.1) is 6.92 Å². The Morgan fingerprint density at radius 2 is 2.10 bits per heavy atom. The van der Waals surface area contributed by atoms with Crippen LogP contribution in [-0.4, -0.2) is 48.9 Å². The third-order valence-electron chi connectivity index (χ3n) is 5.67. The summed E-state index contributed by atoms with van der Waals surface area (Å²) in [5, 5.41) is 10.1. The van der Waals surface area contributed by atoms with Crippen LogP contribution in [-0.2, 0) is 6.54 Å². The third-order valence-corrected chi connectivity index (χ3v) is 6.53. The van der Waals surface area contributed by atoms with E-state index < -0.39 is 0 Å². The van der Waals surface area contributed by atoms with E-state index in [9.17, 15) is 9.59 Å². The van der Waals surface area contributed by atoms with Crippen molar-refractivity contribution in [1.29, 1.82) is 0 Å². The monoisotopic (exact) mass is 434 g/mol. The number of hydrogen-bond donors (Lipinski definition) is 1. The predicted molar refractivity (Wildman–Crippen MR) is 118 cm³/mol. The number of thiophene rings is 1. The van der Waals surface area contributed by atoms with E-state index >= 15 is 0 Å². The summed E-state index contributed by atoms with van der Waals surface area (Å²) in [6.45, 7) is 3.77. The maximum absolute atomic E-state index is 12.8. The summed E-state index contributed by atoms with van der Waals surface area (Å²) in [4.78, 5) is 35.6. The van der Waals surface area contributed by atoms with E-state index in [1.165, 1.54) is 16.9 Å². The smallest absolute Gasteiger partial charge is 0.281 e. The van der Waals surface area contributed by atoms with Gasteiger partial charge in [-0.05, 0) is 36.8 Å². The molecule has 4 heterocycles. The van der Waals surface area contributed by atoms with Gasteiger partial charge in [0, 0.05) is 19.0 Å². The number of benzene rings is 1. The largest absolute Gasteiger partial charge is 0.337 e. The predicted octanol–water partition coefficient (Wildman–Crippen LogP) is 2.95. The number of rotatable bonds is 4. The number of piperidine rings is 1. The van der Waals surface area contributed by atoms with Gasteiger partial charge in [-0.3, -0.25) is 9.59 Å². The van der Waals surface area contributed by atoms with Gasteiger partial charge in [-0.15, -0.1) is 16.4 Å². The fraction of sp³-hybridized carbons (Fsp3) is 0.318. The number of hydrogen-bond acceptors (Lipinski definition) is 6. The molecule has 1 saturated heterocycles. The fourth-order valence-corrected chi connectivity index (χ4v) is 4.68. The summed E-state index contributed by atoms with van der Waals surface area (Å²) in [5.41, 5.74) is 2.66. The zero-order valence-corrected chi connectivity index (χ0v) is 17.9. The Kier molecular flexibility index (Phi) is 5.11. The van der Waals surface area contributed by atoms with E-state index in [1.54, 1.807) is 4.68 Å². The number of aromatic amines is 1. The molecule has 8 nitrogen and oxygen atoms in total. The number of H-pyrrole nitrogens is 1. The van der Waals surface area contributed by atoms with Crippen molar-refractivity contribution in [2.45, 2.75) is 32.2 Å². The zero-order valence-electron chi connectivity index (χ0n) is 17.1. The average Bonchev–Trinajstić information content (AvgIpc) is 3.46. The molecule has 0 spiro atoms. The lowest BCUT2D eigenvalue weighted by Gasteiger charge is -2.31. The SMILES string of the molecule is Cc1ccc(Cn2nnc3c(=O)[nH]c([C@@H]4CCCN(C(=O)c5cccs5)C4)nc32)cc1. The first kappa shape index (κ1) is 19.6. The van der Waals surface area contributed by atoms with Crippen molar-refractivity contribution in [3.8, 4) is 0 Å². The molecule has 1 aromatic carbocycles. The lowest BCUT2D eigenvalue weighted by Crippen LogP contribution is -2.39. The molecule has 4 aromatic rings. The molecule has 3 aromatic heterocycles. The van der Waals surface area contributed by atoms with E-state index in [2.05, 4.69) is 15.3 Å². The molecule has 0 radical (unpaired) electrons. The van der Waals surface area contributed by atoms with Gasteiger partial charge in [0.05, 0.1) is 11.4 Å². The second-order valence-corrected chi connectivity index (χ2v) is 8.87. The van der Waals surface area contributed by atoms with Crippen molar-refractivity contribution in [3.63, 3.8) is 0 Å². The first-order valence-corrected chi connectivity index (χ1v) is 11.2. The second kappa shape index (κ2) is 8.07. The van der Waals surface area contributed by atoms with Crippen LogP contribution in [0.4, 0.5) is 0 Å². The van der Waals surface area contributed by atoms with Crippen LogP contribution in [0.25, 0.3) is 11.2 Å². The summed E-state index contributed by atoms with van der Waals surface area (Å²) in [5.74, 6) is 0.598. The number of likely N-dealkylation sites (tertiary alicyclic amines) is 1. The molecule has 5 rings (SSSR count). The first-order chi connectivity index (χ1) is 15.1. The van der Waals surface area contributed by atoms with Crippen molar-refractivity contribution < 1.29 is 4.79 Å². The van der Waals surface area contributed by atoms with Gasteiger partial charge in [0.25, 0.3) is 11.5 Å². The topological polar surface area (TPSA) is 96.8 Å². The maximum atomic E-state index is 12.8. The molecule has 158 valence electrons. The molecule has 0 aliphatic carbocycles. The number of nitrogens with zero attached hydrogens (tertiary/aromatic N) is 5. The molecule has 1 amide bonds.